The van der Waals surface area contributed by atoms with E-state index < -0.39 is 28.0 Å². The summed E-state index contributed by atoms with van der Waals surface area (Å²) >= 11 is 1.40. The van der Waals surface area contributed by atoms with Gasteiger partial charge >= 0.3 is 6.09 Å². The maximum Gasteiger partial charge on any atom is 0.413 e. The number of carbonyl (C=O) groups excluding carboxylic acids is 1. The molecule has 1 aliphatic heterocycles. The topological polar surface area (TPSA) is 93.8 Å². The predicted octanol–water partition coefficient (Wildman–Crippen LogP) is 5.14. The molecule has 0 bridgehead atoms. The van der Waals surface area contributed by atoms with Gasteiger partial charge in [-0.15, -0.1) is 0 Å². The molecule has 158 valence electrons. The Bertz CT molecular complexity index is 840. The molecule has 1 unspecified atom stereocenters. The average Bonchev–Trinajstić information content (AvgIpc) is 2.82. The molecule has 3 rings (SSSR count). The standard InChI is InChI=1S/C20H26FN3O4S/c1-19(2,3)28-18(25)22-17-23-20(10-6-4-5-7-13(20)12-29-17)15-11-14(24(26)27)8-9-16(15)21/h8-9,11,13H,4-7,10,12H2,1-3H3,(H,22,23,25)/t13-,20?/m0/s1. The number of hydrogen-bond donors (Lipinski definition) is 1. The minimum Gasteiger partial charge on any atom is -0.444 e. The number of nitro groups is 1. The number of halogens is 1. The number of carbonyl (C=O) groups is 1. The number of non-ortho nitro benzene ring substituents is 1. The predicted molar refractivity (Wildman–Crippen MR) is 111 cm³/mol. The molecule has 2 atom stereocenters. The van der Waals surface area contributed by atoms with Crippen molar-refractivity contribution in [2.75, 3.05) is 5.75 Å². The number of nitrogens with zero attached hydrogens (tertiary/aromatic N) is 2. The van der Waals surface area contributed by atoms with Crippen LogP contribution in [0.2, 0.25) is 0 Å². The lowest BCUT2D eigenvalue weighted by Gasteiger charge is -2.40. The first kappa shape index (κ1) is 21.5. The number of ether oxygens (including phenoxy) is 1. The van der Waals surface area contributed by atoms with E-state index in [1.807, 2.05) is 0 Å². The summed E-state index contributed by atoms with van der Waals surface area (Å²) in [4.78, 5) is 27.8. The Hall–Kier alpha value is -2.16. The van der Waals surface area contributed by atoms with Crippen LogP contribution in [0, 0.1) is 21.8 Å². The van der Waals surface area contributed by atoms with E-state index in [1.54, 1.807) is 20.8 Å². The number of alkyl carbamates (subject to hydrolysis) is 1. The minimum atomic E-state index is -0.928. The lowest BCUT2D eigenvalue weighted by Crippen LogP contribution is -2.44. The quantitative estimate of drug-likeness (QED) is 0.525. The van der Waals surface area contributed by atoms with E-state index in [9.17, 15) is 19.3 Å². The second-order valence-electron chi connectivity index (χ2n) is 8.50. The Kier molecular flexibility index (Phi) is 6.16. The molecule has 9 heteroatoms. The van der Waals surface area contributed by atoms with Gasteiger partial charge < -0.3 is 4.74 Å². The highest BCUT2D eigenvalue weighted by Crippen LogP contribution is 2.49. The molecule has 0 saturated heterocycles. The molecule has 1 fully saturated rings. The monoisotopic (exact) mass is 423 g/mol. The Balaban J connectivity index is 2.03. The fourth-order valence-electron chi connectivity index (χ4n) is 3.99. The molecule has 1 aromatic carbocycles. The van der Waals surface area contributed by atoms with Gasteiger partial charge in [0, 0.05) is 23.4 Å². The second kappa shape index (κ2) is 8.30. The van der Waals surface area contributed by atoms with E-state index >= 15 is 0 Å². The lowest BCUT2D eigenvalue weighted by atomic mass is 9.75. The number of rotatable bonds is 2. The van der Waals surface area contributed by atoms with Gasteiger partial charge in [0.05, 0.1) is 10.5 Å². The van der Waals surface area contributed by atoms with Gasteiger partial charge in [-0.2, -0.15) is 0 Å². The third-order valence-electron chi connectivity index (χ3n) is 5.24. The first-order chi connectivity index (χ1) is 13.6. The van der Waals surface area contributed by atoms with E-state index in [0.29, 0.717) is 17.3 Å². The molecule has 1 N–H and O–H groups in total. The minimum absolute atomic E-state index is 0.0377. The normalized spacial score (nSPS) is 24.7. The number of benzene rings is 1. The van der Waals surface area contributed by atoms with Crippen molar-refractivity contribution in [3.05, 3.63) is 39.7 Å². The maximum absolute atomic E-state index is 14.9. The molecule has 7 nitrogen and oxygen atoms in total. The number of nitrogens with one attached hydrogen (secondary N) is 1. The van der Waals surface area contributed by atoms with Crippen LogP contribution < -0.4 is 5.32 Å². The SMILES string of the molecule is CC(C)(C)OC(=O)NC1=NC2(c3cc([N+](=O)[O-])ccc3F)CCCCC[C@H]2CS1. The summed E-state index contributed by atoms with van der Waals surface area (Å²) in [6.45, 7) is 5.30. The Labute approximate surface area is 173 Å². The number of aliphatic imine (C=N–C) groups is 1. The Morgan fingerprint density at radius 2 is 2.14 bits per heavy atom. The van der Waals surface area contributed by atoms with Crippen LogP contribution in [0.25, 0.3) is 0 Å². The van der Waals surface area contributed by atoms with Crippen molar-refractivity contribution in [2.45, 2.75) is 64.0 Å². The number of amidine groups is 1. The summed E-state index contributed by atoms with van der Waals surface area (Å²) in [6.07, 6.45) is 3.67. The molecule has 1 heterocycles. The molecule has 1 amide bonds. The van der Waals surface area contributed by atoms with Crippen LogP contribution in [0.4, 0.5) is 14.9 Å². The van der Waals surface area contributed by atoms with Gasteiger partial charge in [-0.05, 0) is 45.6 Å². The zero-order valence-corrected chi connectivity index (χ0v) is 17.7. The van der Waals surface area contributed by atoms with Crippen LogP contribution in [0.1, 0.15) is 58.4 Å². The average molecular weight is 424 g/mol. The van der Waals surface area contributed by atoms with E-state index in [-0.39, 0.29) is 17.2 Å². The highest BCUT2D eigenvalue weighted by Gasteiger charge is 2.46. The molecule has 29 heavy (non-hydrogen) atoms. The van der Waals surface area contributed by atoms with E-state index in [4.69, 9.17) is 9.73 Å². The van der Waals surface area contributed by atoms with E-state index in [2.05, 4.69) is 5.32 Å². The van der Waals surface area contributed by atoms with Crippen molar-refractivity contribution >= 4 is 28.7 Å². The van der Waals surface area contributed by atoms with Crippen LogP contribution in [0.3, 0.4) is 0 Å². The van der Waals surface area contributed by atoms with Crippen molar-refractivity contribution in [1.82, 2.24) is 5.32 Å². The summed E-state index contributed by atoms with van der Waals surface area (Å²) in [6, 6.07) is 3.61. The maximum atomic E-state index is 14.9. The van der Waals surface area contributed by atoms with E-state index in [1.165, 1.54) is 23.9 Å². The Morgan fingerprint density at radius 3 is 2.83 bits per heavy atom. The first-order valence-electron chi connectivity index (χ1n) is 9.78. The van der Waals surface area contributed by atoms with Gasteiger partial charge in [0.1, 0.15) is 11.4 Å². The van der Waals surface area contributed by atoms with Crippen LogP contribution >= 0.6 is 11.8 Å². The van der Waals surface area contributed by atoms with Crippen molar-refractivity contribution in [3.63, 3.8) is 0 Å². The fourth-order valence-corrected chi connectivity index (χ4v) is 5.18. The number of hydrogen-bond acceptors (Lipinski definition) is 6. The highest BCUT2D eigenvalue weighted by atomic mass is 32.2. The highest BCUT2D eigenvalue weighted by molar-refractivity contribution is 8.13. The number of thioether (sulfide) groups is 1. The summed E-state index contributed by atoms with van der Waals surface area (Å²) < 4.78 is 20.2. The first-order valence-corrected chi connectivity index (χ1v) is 10.8. The molecule has 1 aliphatic carbocycles. The van der Waals surface area contributed by atoms with Crippen molar-refractivity contribution in [1.29, 1.82) is 0 Å². The van der Waals surface area contributed by atoms with E-state index in [0.717, 1.165) is 31.7 Å². The van der Waals surface area contributed by atoms with Crippen LogP contribution in [-0.2, 0) is 10.3 Å². The molecule has 0 radical (unpaired) electrons. The summed E-state index contributed by atoms with van der Waals surface area (Å²) in [7, 11) is 0. The lowest BCUT2D eigenvalue weighted by molar-refractivity contribution is -0.385. The molecular weight excluding hydrogens is 397 g/mol. The van der Waals surface area contributed by atoms with Crippen LogP contribution in [-0.4, -0.2) is 27.5 Å². The fraction of sp³-hybridized carbons (Fsp3) is 0.600. The van der Waals surface area contributed by atoms with Gasteiger partial charge in [0.25, 0.3) is 5.69 Å². The number of amides is 1. The largest absolute Gasteiger partial charge is 0.444 e. The third kappa shape index (κ3) is 4.88. The summed E-state index contributed by atoms with van der Waals surface area (Å²) in [5.41, 5.74) is -1.50. The van der Waals surface area contributed by atoms with Crippen molar-refractivity contribution in [3.8, 4) is 0 Å². The molecule has 2 aliphatic rings. The molecular formula is C20H26FN3O4S. The third-order valence-corrected chi connectivity index (χ3v) is 6.28. The van der Waals surface area contributed by atoms with Gasteiger partial charge in [-0.1, -0.05) is 31.0 Å². The van der Waals surface area contributed by atoms with Crippen LogP contribution in [0.5, 0.6) is 0 Å². The summed E-state index contributed by atoms with van der Waals surface area (Å²) in [5, 5.41) is 14.3. The number of nitro benzene ring substituents is 1. The summed E-state index contributed by atoms with van der Waals surface area (Å²) in [5.74, 6) is 0.182. The molecule has 0 aromatic heterocycles. The Morgan fingerprint density at radius 1 is 1.38 bits per heavy atom. The zero-order chi connectivity index (χ0) is 21.2. The van der Waals surface area contributed by atoms with Gasteiger partial charge in [-0.3, -0.25) is 20.4 Å². The molecule has 1 aromatic rings. The zero-order valence-electron chi connectivity index (χ0n) is 16.9. The van der Waals surface area contributed by atoms with Gasteiger partial charge in [0.2, 0.25) is 0 Å². The van der Waals surface area contributed by atoms with Crippen molar-refractivity contribution < 1.29 is 18.8 Å². The molecule has 1 saturated carbocycles. The van der Waals surface area contributed by atoms with Crippen LogP contribution in [0.15, 0.2) is 23.2 Å². The van der Waals surface area contributed by atoms with Gasteiger partial charge in [-0.25, -0.2) is 9.18 Å². The second-order valence-corrected chi connectivity index (χ2v) is 9.51. The molecule has 0 spiro atoms. The number of fused-ring (bicyclic) bond motifs is 1. The van der Waals surface area contributed by atoms with Gasteiger partial charge in [0.15, 0.2) is 5.17 Å². The smallest absolute Gasteiger partial charge is 0.413 e. The van der Waals surface area contributed by atoms with Crippen molar-refractivity contribution in [2.24, 2.45) is 10.9 Å².